The number of carbonyl (C=O) groups is 3. The minimum absolute atomic E-state index is 0.140. The summed E-state index contributed by atoms with van der Waals surface area (Å²) in [4.78, 5) is 41.9. The van der Waals surface area contributed by atoms with Gasteiger partial charge in [0.15, 0.2) is 5.13 Å². The van der Waals surface area contributed by atoms with Gasteiger partial charge in [-0.15, -0.1) is 11.3 Å². The molecule has 0 saturated carbocycles. The van der Waals surface area contributed by atoms with Crippen molar-refractivity contribution in [2.24, 2.45) is 5.73 Å². The first-order chi connectivity index (χ1) is 12.5. The van der Waals surface area contributed by atoms with Crippen molar-refractivity contribution in [3.8, 4) is 11.3 Å². The second kappa shape index (κ2) is 7.93. The third-order valence-corrected chi connectivity index (χ3v) is 4.86. The van der Waals surface area contributed by atoms with E-state index in [1.807, 2.05) is 5.38 Å². The van der Waals surface area contributed by atoms with Gasteiger partial charge in [-0.05, 0) is 17.5 Å². The molecule has 0 aliphatic carbocycles. The number of hydrogen-bond donors (Lipinski definition) is 4. The lowest BCUT2D eigenvalue weighted by Gasteiger charge is -2.03. The molecular formula is C16H15N5O3S2. The van der Waals surface area contributed by atoms with Gasteiger partial charge < -0.3 is 21.4 Å². The Morgan fingerprint density at radius 2 is 2.12 bits per heavy atom. The number of rotatable bonds is 7. The molecule has 0 aliphatic heterocycles. The number of thiazole rings is 1. The first-order valence-electron chi connectivity index (χ1n) is 7.57. The number of hydrogen-bond acceptors (Lipinski definition) is 6. The van der Waals surface area contributed by atoms with Crippen molar-refractivity contribution in [2.75, 3.05) is 11.9 Å². The van der Waals surface area contributed by atoms with E-state index in [1.54, 1.807) is 29.1 Å². The Labute approximate surface area is 156 Å². The number of primary amides is 1. The van der Waals surface area contributed by atoms with Gasteiger partial charge in [-0.1, -0.05) is 0 Å². The molecule has 26 heavy (non-hydrogen) atoms. The molecule has 3 heterocycles. The van der Waals surface area contributed by atoms with Crippen LogP contribution in [-0.2, 0) is 4.79 Å². The minimum Gasteiger partial charge on any atom is -0.364 e. The summed E-state index contributed by atoms with van der Waals surface area (Å²) in [5.41, 5.74) is 7.41. The van der Waals surface area contributed by atoms with Crippen LogP contribution in [0.15, 0.2) is 34.5 Å². The highest BCUT2D eigenvalue weighted by molar-refractivity contribution is 7.14. The maximum absolute atomic E-state index is 12.0. The Balaban J connectivity index is 1.49. The molecule has 3 rings (SSSR count). The first-order valence-corrected chi connectivity index (χ1v) is 9.39. The van der Waals surface area contributed by atoms with E-state index in [0.29, 0.717) is 27.6 Å². The molecule has 0 fully saturated rings. The Hall–Kier alpha value is -2.98. The molecule has 10 heteroatoms. The Bertz CT molecular complexity index is 930. The molecule has 5 N–H and O–H groups in total. The Kier molecular flexibility index (Phi) is 5.44. The molecule has 0 atom stereocenters. The molecule has 3 amide bonds. The van der Waals surface area contributed by atoms with Gasteiger partial charge in [-0.25, -0.2) is 4.98 Å². The molecule has 0 aromatic carbocycles. The van der Waals surface area contributed by atoms with Gasteiger partial charge in [0.25, 0.3) is 11.8 Å². The van der Waals surface area contributed by atoms with Gasteiger partial charge >= 0.3 is 0 Å². The number of amides is 3. The number of nitrogens with one attached hydrogen (secondary N) is 3. The summed E-state index contributed by atoms with van der Waals surface area (Å²) >= 11 is 2.71. The highest BCUT2D eigenvalue weighted by atomic mass is 32.1. The van der Waals surface area contributed by atoms with E-state index in [9.17, 15) is 14.4 Å². The van der Waals surface area contributed by atoms with E-state index >= 15 is 0 Å². The molecule has 0 spiro atoms. The highest BCUT2D eigenvalue weighted by Gasteiger charge is 2.12. The number of anilines is 1. The van der Waals surface area contributed by atoms with Crippen molar-refractivity contribution in [3.63, 3.8) is 0 Å². The van der Waals surface area contributed by atoms with Crippen LogP contribution in [0.25, 0.3) is 11.3 Å². The van der Waals surface area contributed by atoms with Gasteiger partial charge in [0.05, 0.1) is 5.69 Å². The lowest BCUT2D eigenvalue weighted by atomic mass is 10.2. The van der Waals surface area contributed by atoms with Crippen molar-refractivity contribution in [3.05, 3.63) is 45.7 Å². The zero-order valence-corrected chi connectivity index (χ0v) is 15.1. The molecule has 0 unspecified atom stereocenters. The number of carbonyl (C=O) groups excluding carboxylic acids is 3. The van der Waals surface area contributed by atoms with Crippen LogP contribution in [0.2, 0.25) is 0 Å². The number of H-pyrrole nitrogens is 1. The number of aromatic nitrogens is 2. The fourth-order valence-corrected chi connectivity index (χ4v) is 3.49. The van der Waals surface area contributed by atoms with Crippen molar-refractivity contribution in [1.29, 1.82) is 0 Å². The van der Waals surface area contributed by atoms with Crippen molar-refractivity contribution < 1.29 is 14.4 Å². The van der Waals surface area contributed by atoms with Gasteiger partial charge in [0, 0.05) is 41.0 Å². The van der Waals surface area contributed by atoms with Crippen LogP contribution in [0.1, 0.15) is 27.3 Å². The van der Waals surface area contributed by atoms with Gasteiger partial charge in [-0.3, -0.25) is 14.4 Å². The minimum atomic E-state index is -0.551. The maximum Gasteiger partial charge on any atom is 0.265 e. The van der Waals surface area contributed by atoms with E-state index in [0.717, 1.165) is 0 Å². The number of thiophene rings is 1. The molecule has 134 valence electrons. The molecule has 3 aromatic heterocycles. The summed E-state index contributed by atoms with van der Waals surface area (Å²) in [6.07, 6.45) is 1.77. The average Bonchev–Trinajstić information content (AvgIpc) is 3.35. The normalized spacial score (nSPS) is 10.5. The van der Waals surface area contributed by atoms with E-state index in [4.69, 9.17) is 5.73 Å². The summed E-state index contributed by atoms with van der Waals surface area (Å²) < 4.78 is 0. The summed E-state index contributed by atoms with van der Waals surface area (Å²) in [6, 6.07) is 3.32. The summed E-state index contributed by atoms with van der Waals surface area (Å²) in [7, 11) is 0. The lowest BCUT2D eigenvalue weighted by molar-refractivity contribution is -0.116. The fraction of sp³-hybridized carbons (Fsp3) is 0.125. The second-order valence-electron chi connectivity index (χ2n) is 5.27. The summed E-state index contributed by atoms with van der Waals surface area (Å²) in [5, 5.41) is 11.1. The van der Waals surface area contributed by atoms with Gasteiger partial charge in [0.1, 0.15) is 5.69 Å². The molecule has 0 bridgehead atoms. The topological polar surface area (TPSA) is 130 Å². The zero-order chi connectivity index (χ0) is 18.5. The van der Waals surface area contributed by atoms with Crippen LogP contribution in [0.5, 0.6) is 0 Å². The smallest absolute Gasteiger partial charge is 0.265 e. The third kappa shape index (κ3) is 4.35. The second-order valence-corrected chi connectivity index (χ2v) is 6.91. The van der Waals surface area contributed by atoms with Crippen LogP contribution >= 0.6 is 22.7 Å². The fourth-order valence-electron chi connectivity index (χ4n) is 2.12. The van der Waals surface area contributed by atoms with Crippen molar-refractivity contribution >= 4 is 45.5 Å². The van der Waals surface area contributed by atoms with E-state index < -0.39 is 5.91 Å². The molecule has 0 radical (unpaired) electrons. The van der Waals surface area contributed by atoms with Crippen LogP contribution in [0.4, 0.5) is 5.13 Å². The van der Waals surface area contributed by atoms with Crippen molar-refractivity contribution in [2.45, 2.75) is 6.42 Å². The van der Waals surface area contributed by atoms with Crippen molar-refractivity contribution in [1.82, 2.24) is 15.3 Å². The largest absolute Gasteiger partial charge is 0.364 e. The van der Waals surface area contributed by atoms with Gasteiger partial charge in [0.2, 0.25) is 5.91 Å². The summed E-state index contributed by atoms with van der Waals surface area (Å²) in [6.45, 7) is 0.235. The number of nitrogens with zero attached hydrogens (tertiary/aromatic N) is 1. The van der Waals surface area contributed by atoms with Crippen LogP contribution < -0.4 is 16.4 Å². The number of nitrogens with two attached hydrogens (primary N) is 1. The SMILES string of the molecule is NC(=O)c1cc(-c2csc(NC(=O)CCNC(=O)c3ccsc3)n2)c[nH]1. The van der Waals surface area contributed by atoms with Crippen LogP contribution in [-0.4, -0.2) is 34.2 Å². The Morgan fingerprint density at radius 1 is 1.27 bits per heavy atom. The van der Waals surface area contributed by atoms with E-state index in [-0.39, 0.29) is 24.8 Å². The Morgan fingerprint density at radius 3 is 2.81 bits per heavy atom. The quantitative estimate of drug-likeness (QED) is 0.493. The summed E-state index contributed by atoms with van der Waals surface area (Å²) in [5.74, 6) is -0.999. The molecule has 8 nitrogen and oxygen atoms in total. The van der Waals surface area contributed by atoms with E-state index in [2.05, 4.69) is 20.6 Å². The highest BCUT2D eigenvalue weighted by Crippen LogP contribution is 2.25. The molecular weight excluding hydrogens is 374 g/mol. The lowest BCUT2D eigenvalue weighted by Crippen LogP contribution is -2.27. The zero-order valence-electron chi connectivity index (χ0n) is 13.4. The first kappa shape index (κ1) is 17.8. The standard InChI is InChI=1S/C16H15N5O3S2/c17-14(23)11-5-10(6-19-11)12-8-26-16(20-12)21-13(22)1-3-18-15(24)9-2-4-25-7-9/h2,4-8,19H,1,3H2,(H2,17,23)(H,18,24)(H,20,21,22). The average molecular weight is 389 g/mol. The predicted molar refractivity (Wildman–Crippen MR) is 100 cm³/mol. The molecule has 3 aromatic rings. The van der Waals surface area contributed by atoms with Gasteiger partial charge in [-0.2, -0.15) is 11.3 Å². The molecule has 0 saturated heterocycles. The molecule has 0 aliphatic rings. The van der Waals surface area contributed by atoms with Crippen LogP contribution in [0.3, 0.4) is 0 Å². The third-order valence-electron chi connectivity index (χ3n) is 3.42. The predicted octanol–water partition coefficient (Wildman–Crippen LogP) is 2.06. The number of aromatic amines is 1. The van der Waals surface area contributed by atoms with E-state index in [1.165, 1.54) is 22.7 Å². The maximum atomic E-state index is 12.0. The monoisotopic (exact) mass is 389 g/mol. The van der Waals surface area contributed by atoms with Crippen LogP contribution in [0, 0.1) is 0 Å².